The van der Waals surface area contributed by atoms with Crippen molar-refractivity contribution >= 4 is 11.7 Å². The van der Waals surface area contributed by atoms with Crippen LogP contribution in [-0.4, -0.2) is 50.2 Å². The van der Waals surface area contributed by atoms with Gasteiger partial charge in [0.2, 0.25) is 5.91 Å². The third kappa shape index (κ3) is 4.45. The first kappa shape index (κ1) is 19.1. The van der Waals surface area contributed by atoms with Gasteiger partial charge in [-0.2, -0.15) is 0 Å². The number of anilines is 1. The van der Waals surface area contributed by atoms with Crippen molar-refractivity contribution in [3.05, 3.63) is 66.7 Å². The van der Waals surface area contributed by atoms with E-state index in [9.17, 15) is 4.79 Å². The van der Waals surface area contributed by atoms with Crippen molar-refractivity contribution in [1.82, 2.24) is 24.6 Å². The second-order valence-electron chi connectivity index (χ2n) is 7.34. The third-order valence-corrected chi connectivity index (χ3v) is 5.41. The number of nitrogens with zero attached hydrogens (tertiary/aromatic N) is 6. The summed E-state index contributed by atoms with van der Waals surface area (Å²) in [7, 11) is 0. The normalized spacial score (nSPS) is 16.6. The molecule has 1 aromatic carbocycles. The molecular formula is C22H26N6O. The van der Waals surface area contributed by atoms with E-state index in [1.54, 1.807) is 12.5 Å². The first-order chi connectivity index (χ1) is 14.2. The van der Waals surface area contributed by atoms with Crippen LogP contribution < -0.4 is 4.90 Å². The lowest BCUT2D eigenvalue weighted by atomic mass is 9.96. The van der Waals surface area contributed by atoms with E-state index in [2.05, 4.69) is 32.2 Å². The van der Waals surface area contributed by atoms with Crippen molar-refractivity contribution in [2.45, 2.75) is 26.3 Å². The van der Waals surface area contributed by atoms with Gasteiger partial charge in [0.1, 0.15) is 6.33 Å². The van der Waals surface area contributed by atoms with Crippen LogP contribution in [0, 0.1) is 5.92 Å². The molecule has 0 N–H and O–H groups in total. The zero-order chi connectivity index (χ0) is 20.1. The number of benzene rings is 1. The quantitative estimate of drug-likeness (QED) is 0.647. The van der Waals surface area contributed by atoms with Crippen LogP contribution in [0.2, 0.25) is 0 Å². The highest BCUT2D eigenvalue weighted by molar-refractivity contribution is 5.79. The number of carbonyl (C=O) groups excluding carboxylic acids is 1. The molecule has 1 unspecified atom stereocenters. The Kier molecular flexibility index (Phi) is 5.84. The summed E-state index contributed by atoms with van der Waals surface area (Å²) in [5.41, 5.74) is 1.16. The summed E-state index contributed by atoms with van der Waals surface area (Å²) in [5.74, 6) is 1.76. The minimum atomic E-state index is -0.0115. The van der Waals surface area contributed by atoms with Crippen LogP contribution in [0.3, 0.4) is 0 Å². The number of imidazole rings is 1. The highest BCUT2D eigenvalue weighted by atomic mass is 16.2. The first-order valence-corrected chi connectivity index (χ1v) is 10.1. The molecular weight excluding hydrogens is 364 g/mol. The molecule has 1 aliphatic rings. The minimum Gasteiger partial charge on any atom is -0.354 e. The molecule has 3 heterocycles. The Morgan fingerprint density at radius 1 is 1.14 bits per heavy atom. The van der Waals surface area contributed by atoms with E-state index < -0.39 is 0 Å². The highest BCUT2D eigenvalue weighted by Gasteiger charge is 2.29. The van der Waals surface area contributed by atoms with Crippen LogP contribution in [0.1, 0.15) is 25.3 Å². The molecule has 7 nitrogen and oxygen atoms in total. The molecule has 1 amide bonds. The monoisotopic (exact) mass is 390 g/mol. The summed E-state index contributed by atoms with van der Waals surface area (Å²) in [6.45, 7) is 4.99. The van der Waals surface area contributed by atoms with Crippen LogP contribution in [-0.2, 0) is 11.3 Å². The van der Waals surface area contributed by atoms with E-state index >= 15 is 0 Å². The number of aromatic nitrogens is 4. The molecule has 0 aliphatic carbocycles. The molecule has 0 saturated carbocycles. The van der Waals surface area contributed by atoms with E-state index in [1.807, 2.05) is 52.9 Å². The maximum Gasteiger partial charge on any atom is 0.227 e. The van der Waals surface area contributed by atoms with Crippen LogP contribution in [0.4, 0.5) is 5.82 Å². The van der Waals surface area contributed by atoms with Gasteiger partial charge in [-0.1, -0.05) is 30.3 Å². The van der Waals surface area contributed by atoms with Crippen molar-refractivity contribution in [2.75, 3.05) is 24.5 Å². The molecule has 3 aromatic rings. The van der Waals surface area contributed by atoms with Crippen LogP contribution in [0.25, 0.3) is 5.82 Å². The lowest BCUT2D eigenvalue weighted by molar-refractivity contribution is -0.136. The number of piperidine rings is 1. The van der Waals surface area contributed by atoms with Gasteiger partial charge >= 0.3 is 0 Å². The Morgan fingerprint density at radius 2 is 1.93 bits per heavy atom. The fourth-order valence-electron chi connectivity index (χ4n) is 3.81. The van der Waals surface area contributed by atoms with E-state index in [4.69, 9.17) is 0 Å². The van der Waals surface area contributed by atoms with Crippen molar-refractivity contribution in [1.29, 1.82) is 0 Å². The van der Waals surface area contributed by atoms with Gasteiger partial charge in [-0.15, -0.1) is 10.2 Å². The van der Waals surface area contributed by atoms with Crippen molar-refractivity contribution < 1.29 is 4.79 Å². The molecule has 2 aromatic heterocycles. The smallest absolute Gasteiger partial charge is 0.227 e. The lowest BCUT2D eigenvalue weighted by Crippen LogP contribution is -2.45. The predicted octanol–water partition coefficient (Wildman–Crippen LogP) is 2.93. The van der Waals surface area contributed by atoms with Gasteiger partial charge in [0.05, 0.1) is 5.92 Å². The Bertz CT molecular complexity index is 910. The van der Waals surface area contributed by atoms with E-state index in [-0.39, 0.29) is 11.8 Å². The van der Waals surface area contributed by atoms with E-state index in [1.165, 1.54) is 0 Å². The number of amides is 1. The average Bonchev–Trinajstić information content (AvgIpc) is 3.33. The summed E-state index contributed by atoms with van der Waals surface area (Å²) in [6.07, 6.45) is 7.15. The van der Waals surface area contributed by atoms with Gasteiger partial charge in [-0.05, 0) is 37.5 Å². The van der Waals surface area contributed by atoms with Gasteiger partial charge in [-0.3, -0.25) is 9.36 Å². The zero-order valence-corrected chi connectivity index (χ0v) is 16.7. The fourth-order valence-corrected chi connectivity index (χ4v) is 3.81. The van der Waals surface area contributed by atoms with Crippen LogP contribution in [0.5, 0.6) is 0 Å². The van der Waals surface area contributed by atoms with Crippen LogP contribution >= 0.6 is 0 Å². The van der Waals surface area contributed by atoms with Crippen LogP contribution in [0.15, 0.2) is 61.2 Å². The summed E-state index contributed by atoms with van der Waals surface area (Å²) in [6, 6.07) is 14.1. The number of carbonyl (C=O) groups is 1. The maximum atomic E-state index is 13.2. The Morgan fingerprint density at radius 3 is 2.62 bits per heavy atom. The second-order valence-corrected chi connectivity index (χ2v) is 7.34. The molecule has 1 saturated heterocycles. The van der Waals surface area contributed by atoms with Gasteiger partial charge in [0.25, 0.3) is 0 Å². The molecule has 29 heavy (non-hydrogen) atoms. The van der Waals surface area contributed by atoms with E-state index in [0.717, 1.165) is 36.6 Å². The third-order valence-electron chi connectivity index (χ3n) is 5.41. The fraction of sp³-hybridized carbons (Fsp3) is 0.364. The molecule has 0 radical (unpaired) electrons. The van der Waals surface area contributed by atoms with Crippen molar-refractivity contribution in [3.8, 4) is 5.82 Å². The standard InChI is InChI=1S/C22H26N6O/c1-2-26(15-18-7-4-3-5-8-18)22(29)19-9-6-13-27(16-19)20-10-11-21(25-24-20)28-14-12-23-17-28/h3-5,7-8,10-12,14,17,19H,2,6,9,13,15-16H2,1H3. The first-order valence-electron chi connectivity index (χ1n) is 10.1. The number of hydrogen-bond acceptors (Lipinski definition) is 5. The molecule has 4 rings (SSSR count). The second kappa shape index (κ2) is 8.86. The van der Waals surface area contributed by atoms with Crippen molar-refractivity contribution in [2.24, 2.45) is 5.92 Å². The van der Waals surface area contributed by atoms with Gasteiger partial charge in [0, 0.05) is 38.6 Å². The predicted molar refractivity (Wildman–Crippen MR) is 112 cm³/mol. The number of hydrogen-bond donors (Lipinski definition) is 0. The SMILES string of the molecule is CCN(Cc1ccccc1)C(=O)C1CCCN(c2ccc(-n3ccnc3)nn2)C1. The average molecular weight is 390 g/mol. The molecule has 1 atom stereocenters. The maximum absolute atomic E-state index is 13.2. The van der Waals surface area contributed by atoms with Gasteiger partial charge in [0.15, 0.2) is 11.6 Å². The molecule has 1 aliphatic heterocycles. The summed E-state index contributed by atoms with van der Waals surface area (Å²) < 4.78 is 1.82. The molecule has 7 heteroatoms. The minimum absolute atomic E-state index is 0.0115. The van der Waals surface area contributed by atoms with Gasteiger partial charge in [-0.25, -0.2) is 4.98 Å². The topological polar surface area (TPSA) is 67.2 Å². The Balaban J connectivity index is 1.42. The molecule has 1 fully saturated rings. The number of rotatable bonds is 6. The molecule has 0 bridgehead atoms. The molecule has 0 spiro atoms. The van der Waals surface area contributed by atoms with Crippen molar-refractivity contribution in [3.63, 3.8) is 0 Å². The largest absolute Gasteiger partial charge is 0.354 e. The summed E-state index contributed by atoms with van der Waals surface area (Å²) >= 11 is 0. The Hall–Kier alpha value is -3.22. The highest BCUT2D eigenvalue weighted by Crippen LogP contribution is 2.24. The summed E-state index contributed by atoms with van der Waals surface area (Å²) in [5, 5.41) is 8.70. The van der Waals surface area contributed by atoms with Gasteiger partial charge < -0.3 is 9.80 Å². The summed E-state index contributed by atoms with van der Waals surface area (Å²) in [4.78, 5) is 21.3. The Labute approximate surface area is 171 Å². The zero-order valence-electron chi connectivity index (χ0n) is 16.7. The lowest BCUT2D eigenvalue weighted by Gasteiger charge is -2.35. The molecule has 150 valence electrons. The van der Waals surface area contributed by atoms with E-state index in [0.29, 0.717) is 19.6 Å².